The summed E-state index contributed by atoms with van der Waals surface area (Å²) in [6.07, 6.45) is -0.0346. The Bertz CT molecular complexity index is 1300. The summed E-state index contributed by atoms with van der Waals surface area (Å²) in [5, 5.41) is 9.99. The molecule has 1 aromatic heterocycles. The number of rotatable bonds is 4. The van der Waals surface area contributed by atoms with Crippen molar-refractivity contribution in [3.05, 3.63) is 83.1 Å². The molecule has 2 aromatic carbocycles. The Balaban J connectivity index is 0.000000479. The number of nitrogens with one attached hydrogen (secondary N) is 1. The van der Waals surface area contributed by atoms with Gasteiger partial charge in [0.05, 0.1) is 5.56 Å². The number of nitrogens with zero attached hydrogens (tertiary/aromatic N) is 1. The molecule has 11 heteroatoms. The van der Waals surface area contributed by atoms with Crippen LogP contribution in [0.2, 0.25) is 0 Å². The van der Waals surface area contributed by atoms with Crippen LogP contribution < -0.4 is 5.32 Å². The van der Waals surface area contributed by atoms with Crippen LogP contribution in [0.1, 0.15) is 23.3 Å². The van der Waals surface area contributed by atoms with Gasteiger partial charge in [0.2, 0.25) is 5.91 Å². The highest BCUT2D eigenvalue weighted by Gasteiger charge is 2.38. The predicted octanol–water partition coefficient (Wildman–Crippen LogP) is 5.89. The molecule has 3 aromatic rings. The largest absolute Gasteiger partial charge is 0.490 e. The number of anilines is 1. The first-order chi connectivity index (χ1) is 17.4. The van der Waals surface area contributed by atoms with Crippen LogP contribution in [-0.2, 0) is 22.6 Å². The molecule has 1 amide bonds. The second-order valence-corrected chi connectivity index (χ2v) is 8.28. The van der Waals surface area contributed by atoms with Crippen LogP contribution in [0.15, 0.2) is 59.0 Å². The van der Waals surface area contributed by atoms with Crippen LogP contribution in [-0.4, -0.2) is 41.7 Å². The first kappa shape index (κ1) is 27.6. The Morgan fingerprint density at radius 3 is 2.46 bits per heavy atom. The lowest BCUT2D eigenvalue weighted by atomic mass is 10.0. The standard InChI is InChI=1S/C24H22F2N2O2.C2HF3O2/c1-28-12-2-3-16-4-6-19(13-17(16)15-28)27-24(29)11-8-20-7-10-23(30-20)21-9-5-18(25)14-22(21)26;3-2(4,5)1(6)7/h4-11,13-14H,2-3,12,15H2,1H3,(H,27,29);(H,6,7)/b11-8+;. The van der Waals surface area contributed by atoms with E-state index in [1.807, 2.05) is 12.1 Å². The summed E-state index contributed by atoms with van der Waals surface area (Å²) in [6.45, 7) is 1.93. The summed E-state index contributed by atoms with van der Waals surface area (Å²) in [5.74, 6) is -3.74. The third-order valence-electron chi connectivity index (χ3n) is 5.36. The summed E-state index contributed by atoms with van der Waals surface area (Å²) in [4.78, 5) is 23.5. The zero-order valence-electron chi connectivity index (χ0n) is 19.6. The van der Waals surface area contributed by atoms with E-state index in [2.05, 4.69) is 23.3 Å². The van der Waals surface area contributed by atoms with E-state index < -0.39 is 23.8 Å². The van der Waals surface area contributed by atoms with Gasteiger partial charge in [-0.2, -0.15) is 13.2 Å². The average Bonchev–Trinajstić information content (AvgIpc) is 3.19. The molecular weight excluding hydrogens is 499 g/mol. The van der Waals surface area contributed by atoms with Gasteiger partial charge in [-0.25, -0.2) is 13.6 Å². The fraction of sp³-hybridized carbons (Fsp3) is 0.231. The molecule has 0 aliphatic carbocycles. The Hall–Kier alpha value is -3.99. The lowest BCUT2D eigenvalue weighted by molar-refractivity contribution is -0.192. The van der Waals surface area contributed by atoms with Gasteiger partial charge in [0.1, 0.15) is 23.2 Å². The highest BCUT2D eigenvalue weighted by molar-refractivity contribution is 6.01. The molecule has 0 spiro atoms. The smallest absolute Gasteiger partial charge is 0.475 e. The molecule has 0 atom stereocenters. The highest BCUT2D eigenvalue weighted by atomic mass is 19.4. The number of carboxylic acid groups (broad SMARTS) is 1. The molecule has 0 saturated carbocycles. The summed E-state index contributed by atoms with van der Waals surface area (Å²) < 4.78 is 64.2. The Morgan fingerprint density at radius 1 is 1.05 bits per heavy atom. The Kier molecular flexibility index (Phi) is 8.82. The maximum absolute atomic E-state index is 13.9. The van der Waals surface area contributed by atoms with Crippen LogP contribution in [0.25, 0.3) is 17.4 Å². The normalized spacial score (nSPS) is 13.9. The van der Waals surface area contributed by atoms with E-state index in [-0.39, 0.29) is 17.2 Å². The summed E-state index contributed by atoms with van der Waals surface area (Å²) in [6, 6.07) is 12.5. The van der Waals surface area contributed by atoms with Crippen molar-refractivity contribution >= 4 is 23.6 Å². The molecule has 4 rings (SSSR count). The second-order valence-electron chi connectivity index (χ2n) is 8.28. The third-order valence-corrected chi connectivity index (χ3v) is 5.36. The van der Waals surface area contributed by atoms with Gasteiger partial charge in [-0.15, -0.1) is 0 Å². The number of halogens is 5. The van der Waals surface area contributed by atoms with Crippen molar-refractivity contribution in [1.29, 1.82) is 0 Å². The van der Waals surface area contributed by atoms with E-state index in [1.54, 1.807) is 12.1 Å². The molecule has 0 fully saturated rings. The van der Waals surface area contributed by atoms with E-state index >= 15 is 0 Å². The number of hydrogen-bond donors (Lipinski definition) is 2. The average molecular weight is 522 g/mol. The van der Waals surface area contributed by atoms with E-state index in [4.69, 9.17) is 14.3 Å². The molecule has 1 aliphatic heterocycles. The van der Waals surface area contributed by atoms with Gasteiger partial charge in [-0.3, -0.25) is 4.79 Å². The molecule has 0 bridgehead atoms. The van der Waals surface area contributed by atoms with Gasteiger partial charge in [0.15, 0.2) is 0 Å². The van der Waals surface area contributed by atoms with E-state index in [0.29, 0.717) is 5.76 Å². The van der Waals surface area contributed by atoms with Crippen molar-refractivity contribution in [2.24, 2.45) is 0 Å². The zero-order chi connectivity index (χ0) is 27.2. The van der Waals surface area contributed by atoms with Crippen LogP contribution in [0.5, 0.6) is 0 Å². The predicted molar refractivity (Wildman–Crippen MR) is 127 cm³/mol. The van der Waals surface area contributed by atoms with Crippen LogP contribution in [0, 0.1) is 11.6 Å². The second kappa shape index (κ2) is 11.8. The molecule has 0 saturated heterocycles. The minimum absolute atomic E-state index is 0.162. The van der Waals surface area contributed by atoms with Crippen molar-refractivity contribution in [2.75, 3.05) is 18.9 Å². The number of benzene rings is 2. The maximum atomic E-state index is 13.9. The van der Waals surface area contributed by atoms with Gasteiger partial charge in [0, 0.05) is 24.4 Å². The van der Waals surface area contributed by atoms with Gasteiger partial charge in [-0.1, -0.05) is 6.07 Å². The maximum Gasteiger partial charge on any atom is 0.490 e. The van der Waals surface area contributed by atoms with Gasteiger partial charge in [-0.05, 0) is 80.0 Å². The number of aliphatic carboxylic acids is 1. The molecule has 2 N–H and O–H groups in total. The summed E-state index contributed by atoms with van der Waals surface area (Å²) in [5.41, 5.74) is 3.46. The quantitative estimate of drug-likeness (QED) is 0.330. The number of hydrogen-bond acceptors (Lipinski definition) is 4. The monoisotopic (exact) mass is 522 g/mol. The number of carboxylic acids is 1. The summed E-state index contributed by atoms with van der Waals surface area (Å²) >= 11 is 0. The number of carbonyl (C=O) groups excluding carboxylic acids is 1. The molecule has 0 unspecified atom stereocenters. The number of furan rings is 1. The number of alkyl halides is 3. The Labute approximate surface area is 209 Å². The van der Waals surface area contributed by atoms with E-state index in [1.165, 1.54) is 35.4 Å². The first-order valence-electron chi connectivity index (χ1n) is 11.1. The van der Waals surface area contributed by atoms with Crippen molar-refractivity contribution in [3.8, 4) is 11.3 Å². The van der Waals surface area contributed by atoms with Crippen LogP contribution in [0.4, 0.5) is 27.6 Å². The minimum Gasteiger partial charge on any atom is -0.475 e. The van der Waals surface area contributed by atoms with Gasteiger partial charge in [0.25, 0.3) is 0 Å². The highest BCUT2D eigenvalue weighted by Crippen LogP contribution is 2.26. The third kappa shape index (κ3) is 8.01. The molecule has 196 valence electrons. The van der Waals surface area contributed by atoms with Crippen LogP contribution in [0.3, 0.4) is 0 Å². The van der Waals surface area contributed by atoms with Gasteiger partial charge < -0.3 is 19.7 Å². The van der Waals surface area contributed by atoms with E-state index in [9.17, 15) is 26.7 Å². The minimum atomic E-state index is -5.08. The van der Waals surface area contributed by atoms with Crippen molar-refractivity contribution in [3.63, 3.8) is 0 Å². The molecule has 0 radical (unpaired) electrons. The molecule has 6 nitrogen and oxygen atoms in total. The fourth-order valence-electron chi connectivity index (χ4n) is 3.62. The molecule has 2 heterocycles. The number of aryl methyl sites for hydroxylation is 1. The lowest BCUT2D eigenvalue weighted by Gasteiger charge is -2.14. The molecule has 37 heavy (non-hydrogen) atoms. The van der Waals surface area contributed by atoms with Crippen molar-refractivity contribution in [1.82, 2.24) is 4.90 Å². The van der Waals surface area contributed by atoms with Crippen LogP contribution >= 0.6 is 0 Å². The topological polar surface area (TPSA) is 82.8 Å². The number of fused-ring (bicyclic) bond motifs is 1. The first-order valence-corrected chi connectivity index (χ1v) is 11.1. The van der Waals surface area contributed by atoms with E-state index in [0.717, 1.165) is 37.7 Å². The fourth-order valence-corrected chi connectivity index (χ4v) is 3.62. The summed E-state index contributed by atoms with van der Waals surface area (Å²) in [7, 11) is 2.10. The molecular formula is C26H23F5N2O4. The molecule has 1 aliphatic rings. The lowest BCUT2D eigenvalue weighted by Crippen LogP contribution is -2.21. The SMILES string of the molecule is CN1CCCc2ccc(NC(=O)/C=C/c3ccc(-c4ccc(F)cc4F)o3)cc2C1.O=C(O)C(F)(F)F. The number of carbonyl (C=O) groups is 2. The number of amides is 1. The van der Waals surface area contributed by atoms with Crippen molar-refractivity contribution in [2.45, 2.75) is 25.6 Å². The Morgan fingerprint density at radius 2 is 1.78 bits per heavy atom. The van der Waals surface area contributed by atoms with Gasteiger partial charge >= 0.3 is 12.1 Å². The zero-order valence-corrected chi connectivity index (χ0v) is 19.6. The van der Waals surface area contributed by atoms with Crippen molar-refractivity contribution < 1.29 is 41.1 Å².